The Morgan fingerprint density at radius 1 is 0.939 bits per heavy atom. The van der Waals surface area contributed by atoms with Gasteiger partial charge in [0, 0.05) is 13.1 Å². The number of hydrogen-bond acceptors (Lipinski definition) is 11. The van der Waals surface area contributed by atoms with Crippen LogP contribution < -0.4 is 0 Å². The monoisotopic (exact) mass is 551 g/mol. The standard InChI is InChI=1S/C20H17N5O2S6/c1-5-24-15(26)8(30-18(24)28)7-9-21-12-10(31-9)11-13(20(12,3)4)22-17(32-11)23-14-16(27)25(6-2)19(29)33-14/h7H,5-6H2,1-4H3/b8-7-,23-14?. The molecule has 5 rings (SSSR count). The first-order chi connectivity index (χ1) is 15.6. The third-order valence-electron chi connectivity index (χ3n) is 5.44. The number of carbonyl (C=O) groups is 2. The molecular weight excluding hydrogens is 535 g/mol. The number of amides is 2. The molecule has 0 bridgehead atoms. The molecule has 2 aliphatic heterocycles. The summed E-state index contributed by atoms with van der Waals surface area (Å²) in [5, 5.41) is 1.66. The van der Waals surface area contributed by atoms with Crippen LogP contribution in [0.3, 0.4) is 0 Å². The normalized spacial score (nSPS) is 21.8. The van der Waals surface area contributed by atoms with Crippen molar-refractivity contribution in [3.63, 3.8) is 0 Å². The molecule has 13 heteroatoms. The maximum Gasteiger partial charge on any atom is 0.285 e. The Balaban J connectivity index is 1.49. The molecule has 2 amide bonds. The van der Waals surface area contributed by atoms with Crippen molar-refractivity contribution in [2.75, 3.05) is 13.1 Å². The first-order valence-electron chi connectivity index (χ1n) is 10.1. The molecular formula is C20H17N5O2S6. The van der Waals surface area contributed by atoms with E-state index in [9.17, 15) is 9.59 Å². The Morgan fingerprint density at radius 3 is 2.18 bits per heavy atom. The predicted molar refractivity (Wildman–Crippen MR) is 146 cm³/mol. The smallest absolute Gasteiger partial charge is 0.285 e. The number of nitrogens with zero attached hydrogens (tertiary/aromatic N) is 5. The third kappa shape index (κ3) is 3.64. The number of aliphatic imine (C=N–C) groups is 1. The van der Waals surface area contributed by atoms with Gasteiger partial charge in [-0.1, -0.05) is 47.5 Å². The summed E-state index contributed by atoms with van der Waals surface area (Å²) in [6.45, 7) is 9.04. The maximum absolute atomic E-state index is 12.6. The molecule has 0 saturated carbocycles. The van der Waals surface area contributed by atoms with Crippen LogP contribution in [0.1, 0.15) is 44.1 Å². The van der Waals surface area contributed by atoms with Gasteiger partial charge in [-0.15, -0.1) is 11.3 Å². The van der Waals surface area contributed by atoms with Crippen molar-refractivity contribution in [2.45, 2.75) is 33.1 Å². The van der Waals surface area contributed by atoms with Crippen molar-refractivity contribution in [1.29, 1.82) is 0 Å². The molecule has 3 aliphatic rings. The highest BCUT2D eigenvalue weighted by molar-refractivity contribution is 8.35. The lowest BCUT2D eigenvalue weighted by Gasteiger charge is -2.16. The molecule has 0 radical (unpaired) electrons. The zero-order chi connectivity index (χ0) is 23.7. The van der Waals surface area contributed by atoms with Crippen molar-refractivity contribution in [3.8, 4) is 9.75 Å². The number of hydrogen-bond donors (Lipinski definition) is 0. The van der Waals surface area contributed by atoms with Crippen LogP contribution in [-0.2, 0) is 15.0 Å². The molecule has 2 aromatic rings. The van der Waals surface area contributed by atoms with Gasteiger partial charge in [0.1, 0.15) is 13.6 Å². The van der Waals surface area contributed by atoms with Gasteiger partial charge in [-0.25, -0.2) is 15.0 Å². The number of fused-ring (bicyclic) bond motifs is 3. The van der Waals surface area contributed by atoms with Gasteiger partial charge in [0.25, 0.3) is 11.8 Å². The first kappa shape index (κ1) is 23.2. The lowest BCUT2D eigenvalue weighted by atomic mass is 9.90. The van der Waals surface area contributed by atoms with E-state index >= 15 is 0 Å². The topological polar surface area (TPSA) is 78.8 Å². The van der Waals surface area contributed by atoms with Gasteiger partial charge in [0.05, 0.1) is 31.5 Å². The van der Waals surface area contributed by atoms with Gasteiger partial charge in [-0.05, 0) is 45.5 Å². The Morgan fingerprint density at radius 2 is 1.55 bits per heavy atom. The SMILES string of the molecule is CCN1C(=O)C(=Nc2nc3c(s2)-c2sc(/C=C4\SC(=S)N(CC)C4=O)nc2C3(C)C)SC1=S. The van der Waals surface area contributed by atoms with Crippen LogP contribution in [0.5, 0.6) is 0 Å². The average Bonchev–Trinajstić information content (AvgIpc) is 3.51. The highest BCUT2D eigenvalue weighted by Gasteiger charge is 2.43. The van der Waals surface area contributed by atoms with E-state index in [1.54, 1.807) is 9.80 Å². The van der Waals surface area contributed by atoms with Crippen molar-refractivity contribution < 1.29 is 9.59 Å². The summed E-state index contributed by atoms with van der Waals surface area (Å²) < 4.78 is 1.10. The zero-order valence-electron chi connectivity index (χ0n) is 18.0. The lowest BCUT2D eigenvalue weighted by Crippen LogP contribution is -2.29. The summed E-state index contributed by atoms with van der Waals surface area (Å²) in [5.74, 6) is -0.247. The van der Waals surface area contributed by atoms with E-state index in [0.29, 0.717) is 36.8 Å². The van der Waals surface area contributed by atoms with Crippen molar-refractivity contribution >= 4 is 107 Å². The number of carbonyl (C=O) groups excluding carboxylic acids is 2. The second kappa shape index (κ2) is 8.31. The fraction of sp³-hybridized carbons (Fsp3) is 0.350. The first-order valence-corrected chi connectivity index (χ1v) is 14.1. The van der Waals surface area contributed by atoms with E-state index < -0.39 is 5.41 Å². The summed E-state index contributed by atoms with van der Waals surface area (Å²) in [5.41, 5.74) is 1.46. The number of thiazole rings is 2. The molecule has 0 spiro atoms. The molecule has 33 heavy (non-hydrogen) atoms. The molecule has 0 aromatic carbocycles. The van der Waals surface area contributed by atoms with Gasteiger partial charge < -0.3 is 0 Å². The molecule has 2 fully saturated rings. The molecule has 4 heterocycles. The zero-order valence-corrected chi connectivity index (χ0v) is 22.9. The second-order valence-corrected chi connectivity index (χ2v) is 13.1. The average molecular weight is 552 g/mol. The summed E-state index contributed by atoms with van der Waals surface area (Å²) in [6.07, 6.45) is 1.82. The van der Waals surface area contributed by atoms with Gasteiger partial charge >= 0.3 is 0 Å². The Kier molecular flexibility index (Phi) is 5.85. The number of rotatable bonds is 4. The Bertz CT molecular complexity index is 1220. The minimum absolute atomic E-state index is 0.0727. The number of likely N-dealkylation sites (N-methyl/N-ethyl adjacent to an activating group) is 1. The van der Waals surface area contributed by atoms with E-state index in [0.717, 1.165) is 26.1 Å². The minimum atomic E-state index is -0.401. The van der Waals surface area contributed by atoms with Crippen LogP contribution in [0, 0.1) is 0 Å². The Labute approximate surface area is 217 Å². The lowest BCUT2D eigenvalue weighted by molar-refractivity contribution is -0.122. The van der Waals surface area contributed by atoms with E-state index in [2.05, 4.69) is 18.8 Å². The summed E-state index contributed by atoms with van der Waals surface area (Å²) in [7, 11) is 0. The molecule has 2 aromatic heterocycles. The van der Waals surface area contributed by atoms with Crippen LogP contribution >= 0.6 is 70.6 Å². The van der Waals surface area contributed by atoms with E-state index in [4.69, 9.17) is 34.4 Å². The summed E-state index contributed by atoms with van der Waals surface area (Å²) in [4.78, 5) is 45.0. The van der Waals surface area contributed by atoms with Crippen LogP contribution in [0.4, 0.5) is 5.13 Å². The third-order valence-corrected chi connectivity index (χ3v) is 10.3. The highest BCUT2D eigenvalue weighted by atomic mass is 32.2. The van der Waals surface area contributed by atoms with Gasteiger partial charge in [-0.2, -0.15) is 0 Å². The number of thiocarbonyl (C=S) groups is 2. The molecule has 1 aliphatic carbocycles. The second-order valence-electron chi connectivity index (χ2n) is 7.79. The minimum Gasteiger partial charge on any atom is -0.293 e. The van der Waals surface area contributed by atoms with Crippen LogP contribution in [-0.4, -0.2) is 58.4 Å². The van der Waals surface area contributed by atoms with Crippen molar-refractivity contribution in [3.05, 3.63) is 21.3 Å². The quantitative estimate of drug-likeness (QED) is 0.387. The van der Waals surface area contributed by atoms with Gasteiger partial charge in [0.15, 0.2) is 5.04 Å². The molecule has 7 nitrogen and oxygen atoms in total. The highest BCUT2D eigenvalue weighted by Crippen LogP contribution is 2.54. The van der Waals surface area contributed by atoms with Crippen molar-refractivity contribution in [1.82, 2.24) is 19.8 Å². The van der Waals surface area contributed by atoms with E-state index in [1.165, 1.54) is 46.2 Å². The van der Waals surface area contributed by atoms with Crippen LogP contribution in [0.25, 0.3) is 15.8 Å². The predicted octanol–water partition coefficient (Wildman–Crippen LogP) is 5.04. The van der Waals surface area contributed by atoms with Gasteiger partial charge in [-0.3, -0.25) is 19.4 Å². The largest absolute Gasteiger partial charge is 0.293 e. The van der Waals surface area contributed by atoms with Gasteiger partial charge in [0.2, 0.25) is 5.13 Å². The number of thioether (sulfide) groups is 2. The summed E-state index contributed by atoms with van der Waals surface area (Å²) in [6, 6.07) is 0. The van der Waals surface area contributed by atoms with Crippen molar-refractivity contribution in [2.24, 2.45) is 4.99 Å². The van der Waals surface area contributed by atoms with E-state index in [-0.39, 0.29) is 11.8 Å². The number of aromatic nitrogens is 2. The summed E-state index contributed by atoms with van der Waals surface area (Å²) >= 11 is 16.1. The molecule has 170 valence electrons. The maximum atomic E-state index is 12.6. The fourth-order valence-corrected chi connectivity index (χ4v) is 8.88. The van der Waals surface area contributed by atoms with E-state index in [1.807, 2.05) is 19.9 Å². The molecule has 0 N–H and O–H groups in total. The van der Waals surface area contributed by atoms with Crippen LogP contribution in [0.15, 0.2) is 9.90 Å². The molecule has 0 unspecified atom stereocenters. The molecule has 2 saturated heterocycles. The van der Waals surface area contributed by atoms with Crippen LogP contribution in [0.2, 0.25) is 0 Å². The molecule has 0 atom stereocenters. The Hall–Kier alpha value is -1.51. The fourth-order valence-electron chi connectivity index (χ4n) is 3.72.